The fourth-order valence-electron chi connectivity index (χ4n) is 3.18. The number of aliphatic imine (C=N–C) groups is 1. The van der Waals surface area contributed by atoms with Gasteiger partial charge in [0, 0.05) is 26.1 Å². The molecule has 1 aromatic carbocycles. The van der Waals surface area contributed by atoms with E-state index in [1.54, 1.807) is 0 Å². The molecule has 1 aliphatic rings. The Balaban J connectivity index is 0.00000392. The molecule has 1 aliphatic carbocycles. The van der Waals surface area contributed by atoms with Gasteiger partial charge in [0.1, 0.15) is 6.10 Å². The molecule has 1 fully saturated rings. The highest BCUT2D eigenvalue weighted by Crippen LogP contribution is 2.21. The lowest BCUT2D eigenvalue weighted by molar-refractivity contribution is -0.148. The van der Waals surface area contributed by atoms with E-state index in [-0.39, 0.29) is 36.0 Å². The van der Waals surface area contributed by atoms with Crippen molar-refractivity contribution in [2.75, 3.05) is 19.6 Å². The second-order valence-electron chi connectivity index (χ2n) is 6.90. The number of aliphatic hydroxyl groups excluding tert-OH is 1. The molecule has 2 rings (SSSR count). The monoisotopic (exact) mass is 503 g/mol. The van der Waals surface area contributed by atoms with Gasteiger partial charge in [-0.1, -0.05) is 30.3 Å². The zero-order valence-corrected chi connectivity index (χ0v) is 19.1. The van der Waals surface area contributed by atoms with Crippen LogP contribution >= 0.6 is 24.0 Å². The summed E-state index contributed by atoms with van der Waals surface area (Å²) in [5.41, 5.74) is 0.919. The Morgan fingerprint density at radius 3 is 2.64 bits per heavy atom. The van der Waals surface area contributed by atoms with Crippen LogP contribution in [0.2, 0.25) is 0 Å². The van der Waals surface area contributed by atoms with E-state index in [0.29, 0.717) is 38.3 Å². The Bertz CT molecular complexity index is 578. The smallest absolute Gasteiger partial charge is 0.306 e. The van der Waals surface area contributed by atoms with Crippen LogP contribution in [0.3, 0.4) is 0 Å². The van der Waals surface area contributed by atoms with Gasteiger partial charge >= 0.3 is 5.97 Å². The largest absolute Gasteiger partial charge is 0.462 e. The van der Waals surface area contributed by atoms with Crippen LogP contribution in [0.4, 0.5) is 0 Å². The predicted molar refractivity (Wildman–Crippen MR) is 123 cm³/mol. The third kappa shape index (κ3) is 9.73. The number of nitrogens with one attached hydrogen (secondary N) is 2. The summed E-state index contributed by atoms with van der Waals surface area (Å²) in [4.78, 5) is 16.3. The lowest BCUT2D eigenvalue weighted by Gasteiger charge is -2.14. The first kappa shape index (κ1) is 24.7. The molecule has 0 spiro atoms. The Hall–Kier alpha value is -1.35. The molecule has 7 heteroatoms. The summed E-state index contributed by atoms with van der Waals surface area (Å²) in [6, 6.07) is 9.64. The van der Waals surface area contributed by atoms with Gasteiger partial charge in [0.15, 0.2) is 5.96 Å². The van der Waals surface area contributed by atoms with Crippen LogP contribution < -0.4 is 10.6 Å². The molecule has 6 nitrogen and oxygen atoms in total. The molecule has 28 heavy (non-hydrogen) atoms. The number of benzene rings is 1. The Kier molecular flexibility index (Phi) is 12.9. The van der Waals surface area contributed by atoms with Crippen LogP contribution in [0, 0.1) is 0 Å². The molecule has 0 saturated heterocycles. The van der Waals surface area contributed by atoms with Gasteiger partial charge in [0.05, 0.1) is 6.10 Å². The van der Waals surface area contributed by atoms with Crippen molar-refractivity contribution in [3.63, 3.8) is 0 Å². The standard InChI is InChI=1S/C21H33N3O3.HI/c1-2-22-21(24-16-14-19(25)17-9-4-3-5-10-17)23-15-8-13-20(26)27-18-11-6-7-12-18;/h3-5,9-10,18-19,25H,2,6-8,11-16H2,1H3,(H2,22,23,24);1H. The van der Waals surface area contributed by atoms with Crippen LogP contribution in [0.15, 0.2) is 35.3 Å². The fraction of sp³-hybridized carbons (Fsp3) is 0.619. The molecule has 1 unspecified atom stereocenters. The van der Waals surface area contributed by atoms with Crippen molar-refractivity contribution in [3.05, 3.63) is 35.9 Å². The summed E-state index contributed by atoms with van der Waals surface area (Å²) >= 11 is 0. The van der Waals surface area contributed by atoms with Crippen LogP contribution in [0.1, 0.15) is 63.5 Å². The number of halogens is 1. The number of aliphatic hydroxyl groups is 1. The number of hydrogen-bond acceptors (Lipinski definition) is 4. The van der Waals surface area contributed by atoms with Gasteiger partial charge in [-0.05, 0) is 51.0 Å². The average molecular weight is 503 g/mol. The number of carbonyl (C=O) groups is 1. The van der Waals surface area contributed by atoms with Crippen molar-refractivity contribution >= 4 is 35.9 Å². The average Bonchev–Trinajstić information content (AvgIpc) is 3.18. The minimum Gasteiger partial charge on any atom is -0.462 e. The van der Waals surface area contributed by atoms with Crippen molar-refractivity contribution in [3.8, 4) is 0 Å². The van der Waals surface area contributed by atoms with Crippen molar-refractivity contribution in [1.82, 2.24) is 10.6 Å². The van der Waals surface area contributed by atoms with E-state index in [0.717, 1.165) is 24.9 Å². The molecular formula is C21H34IN3O3. The summed E-state index contributed by atoms with van der Waals surface area (Å²) in [6.07, 6.45) is 5.67. The maximum Gasteiger partial charge on any atom is 0.306 e. The first-order valence-corrected chi connectivity index (χ1v) is 10.1. The normalized spacial score (nSPS) is 15.6. The summed E-state index contributed by atoms with van der Waals surface area (Å²) < 4.78 is 5.45. The fourth-order valence-corrected chi connectivity index (χ4v) is 3.18. The second kappa shape index (κ2) is 14.6. The first-order valence-electron chi connectivity index (χ1n) is 10.1. The van der Waals surface area contributed by atoms with Crippen molar-refractivity contribution in [1.29, 1.82) is 0 Å². The molecular weight excluding hydrogens is 469 g/mol. The minimum atomic E-state index is -0.494. The number of hydrogen-bond donors (Lipinski definition) is 3. The highest BCUT2D eigenvalue weighted by molar-refractivity contribution is 14.0. The summed E-state index contributed by atoms with van der Waals surface area (Å²) in [5.74, 6) is 0.600. The maximum absolute atomic E-state index is 11.8. The predicted octanol–water partition coefficient (Wildman–Crippen LogP) is 3.55. The van der Waals surface area contributed by atoms with Gasteiger partial charge in [0.2, 0.25) is 0 Å². The summed E-state index contributed by atoms with van der Waals surface area (Å²) in [7, 11) is 0. The third-order valence-electron chi connectivity index (χ3n) is 4.65. The van der Waals surface area contributed by atoms with Crippen LogP contribution in [0.5, 0.6) is 0 Å². The molecule has 3 N–H and O–H groups in total. The highest BCUT2D eigenvalue weighted by atomic mass is 127. The van der Waals surface area contributed by atoms with Gasteiger partial charge in [-0.3, -0.25) is 9.79 Å². The Morgan fingerprint density at radius 1 is 1.25 bits per heavy atom. The molecule has 158 valence electrons. The molecule has 0 heterocycles. The number of rotatable bonds is 10. The van der Waals surface area contributed by atoms with Crippen molar-refractivity contribution in [2.24, 2.45) is 4.99 Å². The topological polar surface area (TPSA) is 83.0 Å². The van der Waals surface area contributed by atoms with E-state index in [1.165, 1.54) is 12.8 Å². The molecule has 0 aliphatic heterocycles. The molecule has 1 atom stereocenters. The Labute approximate surface area is 185 Å². The molecule has 0 aromatic heterocycles. The zero-order valence-electron chi connectivity index (χ0n) is 16.7. The number of esters is 1. The number of nitrogens with zero attached hydrogens (tertiary/aromatic N) is 1. The van der Waals surface area contributed by atoms with Crippen LogP contribution in [-0.4, -0.2) is 42.8 Å². The lowest BCUT2D eigenvalue weighted by Crippen LogP contribution is -2.38. The zero-order chi connectivity index (χ0) is 19.3. The molecule has 0 amide bonds. The maximum atomic E-state index is 11.8. The SMILES string of the molecule is CCNC(=NCCCC(=O)OC1CCCC1)NCCC(O)c1ccccc1.I. The van der Waals surface area contributed by atoms with E-state index < -0.39 is 6.10 Å². The van der Waals surface area contributed by atoms with E-state index in [9.17, 15) is 9.90 Å². The first-order chi connectivity index (χ1) is 13.2. The minimum absolute atomic E-state index is 0. The molecule has 1 aromatic rings. The molecule has 0 bridgehead atoms. The van der Waals surface area contributed by atoms with Gasteiger partial charge in [0.25, 0.3) is 0 Å². The van der Waals surface area contributed by atoms with Crippen LogP contribution in [0.25, 0.3) is 0 Å². The number of ether oxygens (including phenoxy) is 1. The van der Waals surface area contributed by atoms with Gasteiger partial charge in [-0.2, -0.15) is 0 Å². The van der Waals surface area contributed by atoms with E-state index in [2.05, 4.69) is 15.6 Å². The molecule has 0 radical (unpaired) electrons. The van der Waals surface area contributed by atoms with E-state index in [4.69, 9.17) is 4.74 Å². The van der Waals surface area contributed by atoms with Crippen molar-refractivity contribution < 1.29 is 14.6 Å². The number of carbonyl (C=O) groups excluding carboxylic acids is 1. The second-order valence-corrected chi connectivity index (χ2v) is 6.90. The quantitative estimate of drug-likeness (QED) is 0.150. The summed E-state index contributed by atoms with van der Waals surface area (Å²) in [5, 5.41) is 16.6. The summed E-state index contributed by atoms with van der Waals surface area (Å²) in [6.45, 7) is 3.95. The van der Waals surface area contributed by atoms with Gasteiger partial charge < -0.3 is 20.5 Å². The van der Waals surface area contributed by atoms with Crippen LogP contribution in [-0.2, 0) is 9.53 Å². The van der Waals surface area contributed by atoms with Gasteiger partial charge in [-0.25, -0.2) is 0 Å². The van der Waals surface area contributed by atoms with E-state index in [1.807, 2.05) is 37.3 Å². The van der Waals surface area contributed by atoms with Gasteiger partial charge in [-0.15, -0.1) is 24.0 Å². The lowest BCUT2D eigenvalue weighted by atomic mass is 10.1. The van der Waals surface area contributed by atoms with Crippen molar-refractivity contribution in [2.45, 2.75) is 64.1 Å². The highest BCUT2D eigenvalue weighted by Gasteiger charge is 2.18. The Morgan fingerprint density at radius 2 is 1.96 bits per heavy atom. The number of guanidine groups is 1. The molecule has 1 saturated carbocycles. The van der Waals surface area contributed by atoms with E-state index >= 15 is 0 Å². The third-order valence-corrected chi connectivity index (χ3v) is 4.65.